The lowest BCUT2D eigenvalue weighted by molar-refractivity contribution is -0.274. The SMILES string of the molecule is N#Cc1cc2c(nc1NCc1ccc(OC(F)(F)F)cc1)CCCC2. The fourth-order valence-corrected chi connectivity index (χ4v) is 2.85. The molecule has 0 spiro atoms. The average molecular weight is 347 g/mol. The van der Waals surface area contributed by atoms with E-state index in [1.807, 2.05) is 6.07 Å². The molecule has 0 bridgehead atoms. The third-order valence-electron chi connectivity index (χ3n) is 4.04. The van der Waals surface area contributed by atoms with E-state index in [4.69, 9.17) is 0 Å². The summed E-state index contributed by atoms with van der Waals surface area (Å²) in [5.41, 5.74) is 3.39. The van der Waals surface area contributed by atoms with Crippen LogP contribution in [-0.4, -0.2) is 11.3 Å². The van der Waals surface area contributed by atoms with Crippen LogP contribution in [0.5, 0.6) is 5.75 Å². The van der Waals surface area contributed by atoms with Gasteiger partial charge in [-0.15, -0.1) is 13.2 Å². The molecule has 0 atom stereocenters. The Bertz CT molecular complexity index is 795. The maximum atomic E-state index is 12.2. The summed E-state index contributed by atoms with van der Waals surface area (Å²) in [4.78, 5) is 4.56. The highest BCUT2D eigenvalue weighted by Gasteiger charge is 2.30. The maximum Gasteiger partial charge on any atom is 0.573 e. The summed E-state index contributed by atoms with van der Waals surface area (Å²) in [5, 5.41) is 12.4. The molecule has 2 aromatic rings. The van der Waals surface area contributed by atoms with Crippen molar-refractivity contribution in [2.24, 2.45) is 0 Å². The zero-order valence-electron chi connectivity index (χ0n) is 13.4. The van der Waals surface area contributed by atoms with Gasteiger partial charge in [-0.25, -0.2) is 4.98 Å². The zero-order valence-corrected chi connectivity index (χ0v) is 13.4. The molecular weight excluding hydrogens is 331 g/mol. The van der Waals surface area contributed by atoms with Gasteiger partial charge in [0, 0.05) is 12.2 Å². The first kappa shape index (κ1) is 17.1. The average Bonchev–Trinajstić information content (AvgIpc) is 2.59. The Morgan fingerprint density at radius 2 is 1.88 bits per heavy atom. The monoisotopic (exact) mass is 347 g/mol. The first-order valence-corrected chi connectivity index (χ1v) is 7.96. The van der Waals surface area contributed by atoms with E-state index < -0.39 is 6.36 Å². The standard InChI is InChI=1S/C18H16F3N3O/c19-18(20,21)25-15-7-5-12(6-8-15)11-23-17-14(10-22)9-13-3-1-2-4-16(13)24-17/h5-9H,1-4,11H2,(H,23,24). The van der Waals surface area contributed by atoms with Gasteiger partial charge >= 0.3 is 6.36 Å². The van der Waals surface area contributed by atoms with Gasteiger partial charge in [0.2, 0.25) is 0 Å². The molecule has 0 aliphatic heterocycles. The predicted molar refractivity (Wildman–Crippen MR) is 86.0 cm³/mol. The van der Waals surface area contributed by atoms with Crippen LogP contribution < -0.4 is 10.1 Å². The van der Waals surface area contributed by atoms with Crippen LogP contribution >= 0.6 is 0 Å². The van der Waals surface area contributed by atoms with Crippen molar-refractivity contribution in [3.8, 4) is 11.8 Å². The highest BCUT2D eigenvalue weighted by molar-refractivity contribution is 5.55. The van der Waals surface area contributed by atoms with E-state index in [9.17, 15) is 18.4 Å². The van der Waals surface area contributed by atoms with Gasteiger partial charge in [-0.3, -0.25) is 0 Å². The lowest BCUT2D eigenvalue weighted by Gasteiger charge is -2.17. The summed E-state index contributed by atoms with van der Waals surface area (Å²) in [6, 6.07) is 9.63. The number of aromatic nitrogens is 1. The molecule has 0 fully saturated rings. The molecule has 0 unspecified atom stereocenters. The predicted octanol–water partition coefficient (Wildman–Crippen LogP) is 4.34. The van der Waals surface area contributed by atoms with Gasteiger partial charge in [0.15, 0.2) is 0 Å². The minimum absolute atomic E-state index is 0.263. The molecule has 1 N–H and O–H groups in total. The number of alkyl halides is 3. The van der Waals surface area contributed by atoms with E-state index in [-0.39, 0.29) is 5.75 Å². The van der Waals surface area contributed by atoms with E-state index in [0.29, 0.717) is 17.9 Å². The van der Waals surface area contributed by atoms with E-state index in [0.717, 1.165) is 42.5 Å². The van der Waals surface area contributed by atoms with Gasteiger partial charge in [-0.1, -0.05) is 12.1 Å². The lowest BCUT2D eigenvalue weighted by atomic mass is 9.95. The second-order valence-corrected chi connectivity index (χ2v) is 5.85. The molecule has 7 heteroatoms. The van der Waals surface area contributed by atoms with Gasteiger partial charge in [-0.05, 0) is 55.0 Å². The van der Waals surface area contributed by atoms with Crippen LogP contribution in [0, 0.1) is 11.3 Å². The van der Waals surface area contributed by atoms with Crippen LogP contribution in [0.2, 0.25) is 0 Å². The number of hydrogen-bond acceptors (Lipinski definition) is 4. The zero-order chi connectivity index (χ0) is 17.9. The fraction of sp³-hybridized carbons (Fsp3) is 0.333. The van der Waals surface area contributed by atoms with Crippen molar-refractivity contribution in [3.63, 3.8) is 0 Å². The molecule has 0 saturated heterocycles. The minimum Gasteiger partial charge on any atom is -0.406 e. The van der Waals surface area contributed by atoms with Crippen LogP contribution in [0.3, 0.4) is 0 Å². The van der Waals surface area contributed by atoms with E-state index in [1.165, 1.54) is 12.1 Å². The largest absolute Gasteiger partial charge is 0.573 e. The normalized spacial score (nSPS) is 13.7. The molecular formula is C18H16F3N3O. The fourth-order valence-electron chi connectivity index (χ4n) is 2.85. The summed E-state index contributed by atoms with van der Waals surface area (Å²) in [5.74, 6) is 0.250. The molecule has 130 valence electrons. The quantitative estimate of drug-likeness (QED) is 0.894. The van der Waals surface area contributed by atoms with Crippen molar-refractivity contribution >= 4 is 5.82 Å². The van der Waals surface area contributed by atoms with Crippen molar-refractivity contribution < 1.29 is 17.9 Å². The van der Waals surface area contributed by atoms with Gasteiger partial charge in [0.1, 0.15) is 17.6 Å². The first-order valence-electron chi connectivity index (χ1n) is 7.96. The number of fused-ring (bicyclic) bond motifs is 1. The van der Waals surface area contributed by atoms with Crippen molar-refractivity contribution in [1.82, 2.24) is 4.98 Å². The van der Waals surface area contributed by atoms with Gasteiger partial charge in [0.05, 0.1) is 5.56 Å². The molecule has 0 radical (unpaired) electrons. The van der Waals surface area contributed by atoms with E-state index >= 15 is 0 Å². The van der Waals surface area contributed by atoms with Crippen molar-refractivity contribution in [2.75, 3.05) is 5.32 Å². The number of aryl methyl sites for hydroxylation is 2. The summed E-state index contributed by atoms with van der Waals surface area (Å²) in [6.45, 7) is 0.354. The number of ether oxygens (including phenoxy) is 1. The number of nitrogens with one attached hydrogen (secondary N) is 1. The third kappa shape index (κ3) is 4.41. The summed E-state index contributed by atoms with van der Waals surface area (Å²) < 4.78 is 40.3. The van der Waals surface area contributed by atoms with Crippen LogP contribution in [0.15, 0.2) is 30.3 Å². The number of anilines is 1. The van der Waals surface area contributed by atoms with Crippen molar-refractivity contribution in [3.05, 3.63) is 52.7 Å². The van der Waals surface area contributed by atoms with Crippen LogP contribution in [0.1, 0.15) is 35.2 Å². The van der Waals surface area contributed by atoms with Crippen LogP contribution in [0.4, 0.5) is 19.0 Å². The Kier molecular flexibility index (Phi) is 4.79. The number of benzene rings is 1. The Labute approximate surface area is 143 Å². The van der Waals surface area contributed by atoms with Crippen molar-refractivity contribution in [1.29, 1.82) is 5.26 Å². The lowest BCUT2D eigenvalue weighted by Crippen LogP contribution is -2.17. The van der Waals surface area contributed by atoms with Gasteiger partial charge in [-0.2, -0.15) is 5.26 Å². The van der Waals surface area contributed by atoms with E-state index in [2.05, 4.69) is 21.1 Å². The number of halogens is 3. The van der Waals surface area contributed by atoms with Crippen LogP contribution in [-0.2, 0) is 19.4 Å². The van der Waals surface area contributed by atoms with Crippen molar-refractivity contribution in [2.45, 2.75) is 38.6 Å². The smallest absolute Gasteiger partial charge is 0.406 e. The molecule has 1 aromatic heterocycles. The number of nitriles is 1. The molecule has 4 nitrogen and oxygen atoms in total. The first-order chi connectivity index (χ1) is 11.9. The number of nitrogens with zero attached hydrogens (tertiary/aromatic N) is 2. The number of pyridine rings is 1. The number of rotatable bonds is 4. The molecule has 1 aliphatic carbocycles. The second kappa shape index (κ2) is 7.01. The highest BCUT2D eigenvalue weighted by Crippen LogP contribution is 2.25. The molecule has 0 amide bonds. The topological polar surface area (TPSA) is 57.9 Å². The summed E-state index contributed by atoms with van der Waals surface area (Å²) in [6.07, 6.45) is -0.656. The summed E-state index contributed by atoms with van der Waals surface area (Å²) in [7, 11) is 0. The molecule has 1 aromatic carbocycles. The minimum atomic E-state index is -4.70. The Hall–Kier alpha value is -2.75. The van der Waals surface area contributed by atoms with Crippen LogP contribution in [0.25, 0.3) is 0 Å². The summed E-state index contributed by atoms with van der Waals surface area (Å²) >= 11 is 0. The third-order valence-corrected chi connectivity index (χ3v) is 4.04. The molecule has 3 rings (SSSR count). The maximum absolute atomic E-state index is 12.2. The molecule has 0 saturated carbocycles. The van der Waals surface area contributed by atoms with Gasteiger partial charge < -0.3 is 10.1 Å². The number of hydrogen-bond donors (Lipinski definition) is 1. The Morgan fingerprint density at radius 1 is 1.16 bits per heavy atom. The van der Waals surface area contributed by atoms with E-state index in [1.54, 1.807) is 12.1 Å². The highest BCUT2D eigenvalue weighted by atomic mass is 19.4. The van der Waals surface area contributed by atoms with Gasteiger partial charge in [0.25, 0.3) is 0 Å². The second-order valence-electron chi connectivity index (χ2n) is 5.85. The molecule has 25 heavy (non-hydrogen) atoms. The Balaban J connectivity index is 1.70. The molecule has 1 heterocycles. The molecule has 1 aliphatic rings. The Morgan fingerprint density at radius 3 is 2.56 bits per heavy atom.